The van der Waals surface area contributed by atoms with Gasteiger partial charge in [0.05, 0.1) is 16.2 Å². The number of fused-ring (bicyclic) bond motifs is 1. The normalized spacial score (nSPS) is 23.0. The molecule has 1 heterocycles. The molecule has 1 aliphatic carbocycles. The Hall–Kier alpha value is -1.66. The lowest BCUT2D eigenvalue weighted by atomic mass is 9.94. The molecule has 1 saturated carbocycles. The van der Waals surface area contributed by atoms with E-state index in [0.717, 1.165) is 19.3 Å². The van der Waals surface area contributed by atoms with Crippen LogP contribution in [0.2, 0.25) is 0 Å². The number of halogens is 1. The molecule has 3 rings (SSSR count). The van der Waals surface area contributed by atoms with Crippen LogP contribution in [0.4, 0.5) is 11.4 Å². The summed E-state index contributed by atoms with van der Waals surface area (Å²) < 4.78 is 0. The summed E-state index contributed by atoms with van der Waals surface area (Å²) in [7, 11) is 0. The van der Waals surface area contributed by atoms with E-state index in [0.29, 0.717) is 30.8 Å². The molecule has 2 atom stereocenters. The van der Waals surface area contributed by atoms with Crippen LogP contribution in [-0.4, -0.2) is 23.9 Å². The minimum Gasteiger partial charge on any atom is -0.330 e. The van der Waals surface area contributed by atoms with Crippen LogP contribution in [0.25, 0.3) is 0 Å². The molecule has 2 aliphatic rings. The van der Waals surface area contributed by atoms with E-state index in [2.05, 4.69) is 0 Å². The Kier molecular flexibility index (Phi) is 5.03. The topological polar surface area (TPSA) is 89.5 Å². The van der Waals surface area contributed by atoms with Crippen molar-refractivity contribution in [2.24, 2.45) is 17.6 Å². The molecule has 0 bridgehead atoms. The minimum absolute atomic E-state index is 0. The zero-order valence-corrected chi connectivity index (χ0v) is 13.1. The molecule has 2 N–H and O–H groups in total. The second kappa shape index (κ2) is 6.62. The molecular formula is C15H20ClN3O3. The molecule has 7 heteroatoms. The fraction of sp³-hybridized carbons (Fsp3) is 0.533. The summed E-state index contributed by atoms with van der Waals surface area (Å²) in [5.41, 5.74) is 7.26. The van der Waals surface area contributed by atoms with E-state index >= 15 is 0 Å². The zero-order chi connectivity index (χ0) is 15.0. The van der Waals surface area contributed by atoms with Gasteiger partial charge in [0.2, 0.25) is 5.91 Å². The number of anilines is 1. The van der Waals surface area contributed by atoms with Gasteiger partial charge in [-0.3, -0.25) is 14.9 Å². The fourth-order valence-electron chi connectivity index (χ4n) is 3.66. The summed E-state index contributed by atoms with van der Waals surface area (Å²) in [5.74, 6) is 0.308. The largest absolute Gasteiger partial charge is 0.330 e. The lowest BCUT2D eigenvalue weighted by Crippen LogP contribution is -2.38. The molecule has 1 fully saturated rings. The summed E-state index contributed by atoms with van der Waals surface area (Å²) in [4.78, 5) is 25.2. The van der Waals surface area contributed by atoms with Crippen LogP contribution in [-0.2, 0) is 11.2 Å². The maximum absolute atomic E-state index is 12.8. The lowest BCUT2D eigenvalue weighted by Gasteiger charge is -2.24. The smallest absolute Gasteiger partial charge is 0.274 e. The molecule has 0 spiro atoms. The maximum Gasteiger partial charge on any atom is 0.274 e. The third kappa shape index (κ3) is 2.68. The molecule has 22 heavy (non-hydrogen) atoms. The van der Waals surface area contributed by atoms with Crippen molar-refractivity contribution >= 4 is 29.7 Å². The zero-order valence-electron chi connectivity index (χ0n) is 12.2. The second-order valence-corrected chi connectivity index (χ2v) is 5.80. The Morgan fingerprint density at radius 2 is 2.18 bits per heavy atom. The highest BCUT2D eigenvalue weighted by Gasteiger charge is 2.38. The first-order chi connectivity index (χ1) is 10.1. The van der Waals surface area contributed by atoms with Crippen molar-refractivity contribution in [3.8, 4) is 0 Å². The van der Waals surface area contributed by atoms with Gasteiger partial charge in [-0.15, -0.1) is 12.4 Å². The van der Waals surface area contributed by atoms with Crippen molar-refractivity contribution in [1.29, 1.82) is 0 Å². The minimum atomic E-state index is -0.370. The van der Waals surface area contributed by atoms with Gasteiger partial charge in [-0.1, -0.05) is 12.5 Å². The van der Waals surface area contributed by atoms with Crippen LogP contribution in [0.5, 0.6) is 0 Å². The van der Waals surface area contributed by atoms with Crippen LogP contribution >= 0.6 is 12.4 Å². The summed E-state index contributed by atoms with van der Waals surface area (Å²) in [6.45, 7) is 1.07. The van der Waals surface area contributed by atoms with Crippen molar-refractivity contribution in [3.05, 3.63) is 33.9 Å². The van der Waals surface area contributed by atoms with E-state index < -0.39 is 0 Å². The standard InChI is InChI=1S/C15H19N3O3.ClH/c16-9-10-3-1-4-11(10)15(19)17-8-7-12-13(17)5-2-6-14(12)18(20)21;/h2,5-6,10-11H,1,3-4,7-9,16H2;1H/t10-,11-;/m1./s1. The molecule has 1 aromatic rings. The molecule has 1 amide bonds. The number of hydrogen-bond acceptors (Lipinski definition) is 4. The van der Waals surface area contributed by atoms with E-state index in [1.807, 2.05) is 0 Å². The van der Waals surface area contributed by atoms with Gasteiger partial charge in [-0.05, 0) is 37.8 Å². The average molecular weight is 326 g/mol. The number of carbonyl (C=O) groups excluding carboxylic acids is 1. The van der Waals surface area contributed by atoms with Gasteiger partial charge < -0.3 is 10.6 Å². The van der Waals surface area contributed by atoms with Crippen LogP contribution in [0.15, 0.2) is 18.2 Å². The molecule has 0 unspecified atom stereocenters. The third-order valence-electron chi connectivity index (χ3n) is 4.74. The summed E-state index contributed by atoms with van der Waals surface area (Å²) >= 11 is 0. The lowest BCUT2D eigenvalue weighted by molar-refractivity contribution is -0.385. The number of nitrogens with two attached hydrogens (primary N) is 1. The Balaban J connectivity index is 0.00000176. The predicted octanol–water partition coefficient (Wildman–Crippen LogP) is 2.28. The Bertz CT molecular complexity index is 593. The first-order valence-electron chi connectivity index (χ1n) is 7.41. The van der Waals surface area contributed by atoms with Gasteiger partial charge in [-0.25, -0.2) is 0 Å². The molecule has 0 saturated heterocycles. The summed E-state index contributed by atoms with van der Waals surface area (Å²) in [6.07, 6.45) is 3.47. The third-order valence-corrected chi connectivity index (χ3v) is 4.74. The Labute approximate surface area is 135 Å². The molecule has 1 aromatic carbocycles. The van der Waals surface area contributed by atoms with Gasteiger partial charge in [0.25, 0.3) is 5.69 Å². The highest BCUT2D eigenvalue weighted by atomic mass is 35.5. The molecular weight excluding hydrogens is 306 g/mol. The molecule has 1 aliphatic heterocycles. The van der Waals surface area contributed by atoms with Crippen molar-refractivity contribution in [2.75, 3.05) is 18.0 Å². The van der Waals surface area contributed by atoms with E-state index in [9.17, 15) is 14.9 Å². The van der Waals surface area contributed by atoms with Crippen LogP contribution in [0, 0.1) is 22.0 Å². The van der Waals surface area contributed by atoms with E-state index in [1.165, 1.54) is 6.07 Å². The quantitative estimate of drug-likeness (QED) is 0.682. The van der Waals surface area contributed by atoms with Gasteiger partial charge in [0, 0.05) is 18.5 Å². The van der Waals surface area contributed by atoms with Gasteiger partial charge in [0.1, 0.15) is 0 Å². The average Bonchev–Trinajstić information content (AvgIpc) is 3.12. The van der Waals surface area contributed by atoms with E-state index in [1.54, 1.807) is 17.0 Å². The molecule has 6 nitrogen and oxygen atoms in total. The van der Waals surface area contributed by atoms with Gasteiger partial charge in [-0.2, -0.15) is 0 Å². The van der Waals surface area contributed by atoms with Crippen molar-refractivity contribution in [3.63, 3.8) is 0 Å². The first kappa shape index (κ1) is 16.7. The van der Waals surface area contributed by atoms with Gasteiger partial charge in [0.15, 0.2) is 0 Å². The number of hydrogen-bond donors (Lipinski definition) is 1. The predicted molar refractivity (Wildman–Crippen MR) is 86.3 cm³/mol. The van der Waals surface area contributed by atoms with E-state index in [-0.39, 0.29) is 40.8 Å². The van der Waals surface area contributed by atoms with Crippen LogP contribution in [0.1, 0.15) is 24.8 Å². The summed E-state index contributed by atoms with van der Waals surface area (Å²) in [5, 5.41) is 11.1. The second-order valence-electron chi connectivity index (χ2n) is 5.80. The number of carbonyl (C=O) groups is 1. The van der Waals surface area contributed by atoms with E-state index in [4.69, 9.17) is 5.73 Å². The fourth-order valence-corrected chi connectivity index (χ4v) is 3.66. The first-order valence-corrected chi connectivity index (χ1v) is 7.41. The SMILES string of the molecule is Cl.NC[C@H]1CCC[C@H]1C(=O)N1CCc2c1cccc2[N+](=O)[O-]. The summed E-state index contributed by atoms with van der Waals surface area (Å²) in [6, 6.07) is 4.96. The molecule has 0 aromatic heterocycles. The Morgan fingerprint density at radius 1 is 1.41 bits per heavy atom. The molecule has 0 radical (unpaired) electrons. The van der Waals surface area contributed by atoms with Gasteiger partial charge >= 0.3 is 0 Å². The highest BCUT2D eigenvalue weighted by molar-refractivity contribution is 5.98. The number of benzene rings is 1. The highest BCUT2D eigenvalue weighted by Crippen LogP contribution is 2.39. The number of nitrogens with zero attached hydrogens (tertiary/aromatic N) is 2. The van der Waals surface area contributed by atoms with Crippen molar-refractivity contribution in [2.45, 2.75) is 25.7 Å². The Morgan fingerprint density at radius 3 is 2.86 bits per heavy atom. The maximum atomic E-state index is 12.8. The van der Waals surface area contributed by atoms with Crippen LogP contribution in [0.3, 0.4) is 0 Å². The number of rotatable bonds is 3. The number of nitro groups is 1. The van der Waals surface area contributed by atoms with Crippen LogP contribution < -0.4 is 10.6 Å². The number of amides is 1. The van der Waals surface area contributed by atoms with Crippen molar-refractivity contribution < 1.29 is 9.72 Å². The monoisotopic (exact) mass is 325 g/mol. The number of nitro benzene ring substituents is 1. The molecule has 120 valence electrons. The van der Waals surface area contributed by atoms with Crippen molar-refractivity contribution in [1.82, 2.24) is 0 Å².